The summed E-state index contributed by atoms with van der Waals surface area (Å²) in [5.74, 6) is 0.446. The molecule has 1 N–H and O–H groups in total. The molecule has 4 nitrogen and oxygen atoms in total. The molecule has 3 rings (SSSR count). The lowest BCUT2D eigenvalue weighted by molar-refractivity contribution is 0.631. The highest BCUT2D eigenvalue weighted by molar-refractivity contribution is 7.13. The van der Waals surface area contributed by atoms with Crippen LogP contribution in [0.5, 0.6) is 0 Å². The SMILES string of the molecule is Cn1c(Cl)cnc1CNc1cc2sncc2cc1F. The van der Waals surface area contributed by atoms with E-state index in [1.165, 1.54) is 17.6 Å². The number of halogens is 2. The van der Waals surface area contributed by atoms with E-state index in [2.05, 4.69) is 14.7 Å². The van der Waals surface area contributed by atoms with Crippen LogP contribution in [-0.2, 0) is 13.6 Å². The van der Waals surface area contributed by atoms with Crippen molar-refractivity contribution in [1.82, 2.24) is 13.9 Å². The van der Waals surface area contributed by atoms with Gasteiger partial charge in [-0.05, 0) is 23.7 Å². The van der Waals surface area contributed by atoms with Crippen molar-refractivity contribution in [2.24, 2.45) is 7.05 Å². The van der Waals surface area contributed by atoms with Gasteiger partial charge in [0.15, 0.2) is 0 Å². The summed E-state index contributed by atoms with van der Waals surface area (Å²) in [7, 11) is 1.81. The lowest BCUT2D eigenvalue weighted by Gasteiger charge is -2.08. The first-order chi connectivity index (χ1) is 9.15. The number of nitrogens with one attached hydrogen (secondary N) is 1. The summed E-state index contributed by atoms with van der Waals surface area (Å²) in [4.78, 5) is 4.15. The molecule has 7 heteroatoms. The van der Waals surface area contributed by atoms with Gasteiger partial charge in [-0.3, -0.25) is 0 Å². The molecule has 2 aromatic heterocycles. The molecule has 98 valence electrons. The predicted molar refractivity (Wildman–Crippen MR) is 75.1 cm³/mol. The molecule has 0 amide bonds. The van der Waals surface area contributed by atoms with Crippen LogP contribution in [0.15, 0.2) is 24.5 Å². The topological polar surface area (TPSA) is 42.7 Å². The highest BCUT2D eigenvalue weighted by atomic mass is 35.5. The molecule has 3 aromatic rings. The lowest BCUT2D eigenvalue weighted by Crippen LogP contribution is -2.07. The van der Waals surface area contributed by atoms with Gasteiger partial charge >= 0.3 is 0 Å². The molecule has 0 aliphatic rings. The normalized spacial score (nSPS) is 11.1. The predicted octanol–water partition coefficient (Wildman–Crippen LogP) is 3.43. The van der Waals surface area contributed by atoms with Gasteiger partial charge in [-0.15, -0.1) is 0 Å². The van der Waals surface area contributed by atoms with Crippen LogP contribution in [-0.4, -0.2) is 13.9 Å². The van der Waals surface area contributed by atoms with Crippen LogP contribution in [0.25, 0.3) is 10.1 Å². The molecule has 19 heavy (non-hydrogen) atoms. The van der Waals surface area contributed by atoms with E-state index >= 15 is 0 Å². The third-order valence-corrected chi connectivity index (χ3v) is 4.02. The van der Waals surface area contributed by atoms with Gasteiger partial charge in [0, 0.05) is 18.6 Å². The Balaban J connectivity index is 1.85. The van der Waals surface area contributed by atoms with Gasteiger partial charge in [-0.25, -0.2) is 9.37 Å². The van der Waals surface area contributed by atoms with Gasteiger partial charge in [-0.2, -0.15) is 4.37 Å². The first-order valence-corrected chi connectivity index (χ1v) is 6.74. The van der Waals surface area contributed by atoms with Crippen molar-refractivity contribution in [2.75, 3.05) is 5.32 Å². The maximum Gasteiger partial charge on any atom is 0.147 e. The molecule has 2 heterocycles. The summed E-state index contributed by atoms with van der Waals surface area (Å²) in [5, 5.41) is 4.39. The van der Waals surface area contributed by atoms with Crippen molar-refractivity contribution in [3.63, 3.8) is 0 Å². The minimum atomic E-state index is -0.298. The molecule has 0 radical (unpaired) electrons. The molecule has 0 spiro atoms. The van der Waals surface area contributed by atoms with E-state index in [9.17, 15) is 4.39 Å². The fraction of sp³-hybridized carbons (Fsp3) is 0.167. The molecule has 0 saturated heterocycles. The van der Waals surface area contributed by atoms with Crippen molar-refractivity contribution in [1.29, 1.82) is 0 Å². The number of hydrogen-bond donors (Lipinski definition) is 1. The number of aromatic nitrogens is 3. The van der Waals surface area contributed by atoms with Crippen LogP contribution in [0.3, 0.4) is 0 Å². The Morgan fingerprint density at radius 1 is 1.42 bits per heavy atom. The summed E-state index contributed by atoms with van der Waals surface area (Å²) in [5.41, 5.74) is 0.441. The van der Waals surface area contributed by atoms with E-state index in [0.717, 1.165) is 15.9 Å². The molecule has 0 unspecified atom stereocenters. The molecular formula is C12H10ClFN4S. The number of hydrogen-bond acceptors (Lipinski definition) is 4. The fourth-order valence-electron chi connectivity index (χ4n) is 1.79. The molecule has 0 aliphatic heterocycles. The Kier molecular flexibility index (Phi) is 3.12. The van der Waals surface area contributed by atoms with Gasteiger partial charge in [-0.1, -0.05) is 11.6 Å². The number of benzene rings is 1. The number of anilines is 1. The zero-order valence-electron chi connectivity index (χ0n) is 10.0. The number of fused-ring (bicyclic) bond motifs is 1. The van der Waals surface area contributed by atoms with Gasteiger partial charge in [0.25, 0.3) is 0 Å². The van der Waals surface area contributed by atoms with E-state index in [0.29, 0.717) is 17.4 Å². The van der Waals surface area contributed by atoms with Crippen LogP contribution >= 0.6 is 23.1 Å². The summed E-state index contributed by atoms with van der Waals surface area (Å²) >= 11 is 7.24. The molecular weight excluding hydrogens is 287 g/mol. The minimum absolute atomic E-state index is 0.298. The lowest BCUT2D eigenvalue weighted by atomic mass is 10.2. The fourth-order valence-corrected chi connectivity index (χ4v) is 2.60. The third kappa shape index (κ3) is 2.29. The Morgan fingerprint density at radius 2 is 2.26 bits per heavy atom. The second-order valence-electron chi connectivity index (χ2n) is 4.11. The van der Waals surface area contributed by atoms with E-state index in [1.807, 2.05) is 7.05 Å². The standard InChI is InChI=1S/C12H10ClFN4S/c1-18-11(13)5-16-12(18)6-15-9-3-10-7(2-8(9)14)4-17-19-10/h2-5,15H,6H2,1H3. The van der Waals surface area contributed by atoms with Crippen molar-refractivity contribution in [3.05, 3.63) is 41.3 Å². The van der Waals surface area contributed by atoms with Gasteiger partial charge < -0.3 is 9.88 Å². The summed E-state index contributed by atoms with van der Waals surface area (Å²) < 4.78 is 20.6. The van der Waals surface area contributed by atoms with Gasteiger partial charge in [0.2, 0.25) is 0 Å². The van der Waals surface area contributed by atoms with Gasteiger partial charge in [0.05, 0.1) is 23.1 Å². The maximum absolute atomic E-state index is 13.9. The summed E-state index contributed by atoms with van der Waals surface area (Å²) in [6, 6.07) is 3.24. The number of rotatable bonds is 3. The van der Waals surface area contributed by atoms with Crippen LogP contribution in [0.1, 0.15) is 5.82 Å². The van der Waals surface area contributed by atoms with Crippen molar-refractivity contribution >= 4 is 38.9 Å². The number of nitrogens with zero attached hydrogens (tertiary/aromatic N) is 3. The molecule has 1 aromatic carbocycles. The van der Waals surface area contributed by atoms with Crippen LogP contribution < -0.4 is 5.32 Å². The van der Waals surface area contributed by atoms with Crippen LogP contribution in [0.4, 0.5) is 10.1 Å². The Bertz CT molecular complexity index is 736. The monoisotopic (exact) mass is 296 g/mol. The second-order valence-corrected chi connectivity index (χ2v) is 5.33. The third-order valence-electron chi connectivity index (χ3n) is 2.91. The Morgan fingerprint density at radius 3 is 3.00 bits per heavy atom. The van der Waals surface area contributed by atoms with Crippen molar-refractivity contribution in [3.8, 4) is 0 Å². The maximum atomic E-state index is 13.9. The van der Waals surface area contributed by atoms with Crippen molar-refractivity contribution in [2.45, 2.75) is 6.54 Å². The zero-order valence-corrected chi connectivity index (χ0v) is 11.6. The van der Waals surface area contributed by atoms with E-state index in [-0.39, 0.29) is 5.82 Å². The molecule has 0 fully saturated rings. The quantitative estimate of drug-likeness (QED) is 0.805. The van der Waals surface area contributed by atoms with E-state index in [4.69, 9.17) is 11.6 Å². The first-order valence-electron chi connectivity index (χ1n) is 5.59. The van der Waals surface area contributed by atoms with Crippen LogP contribution in [0.2, 0.25) is 5.15 Å². The molecule has 0 bridgehead atoms. The van der Waals surface area contributed by atoms with Gasteiger partial charge in [0.1, 0.15) is 16.8 Å². The molecule has 0 atom stereocenters. The largest absolute Gasteiger partial charge is 0.375 e. The van der Waals surface area contributed by atoms with Crippen LogP contribution in [0, 0.1) is 5.82 Å². The molecule has 0 saturated carbocycles. The molecule has 0 aliphatic carbocycles. The van der Waals surface area contributed by atoms with E-state index in [1.54, 1.807) is 23.0 Å². The highest BCUT2D eigenvalue weighted by Crippen LogP contribution is 2.25. The van der Waals surface area contributed by atoms with Crippen molar-refractivity contribution < 1.29 is 4.39 Å². The number of imidazole rings is 1. The smallest absolute Gasteiger partial charge is 0.147 e. The second kappa shape index (κ2) is 4.79. The van der Waals surface area contributed by atoms with E-state index < -0.39 is 0 Å². The average molecular weight is 297 g/mol. The summed E-state index contributed by atoms with van der Waals surface area (Å²) in [6.07, 6.45) is 3.23. The Hall–Kier alpha value is -1.66. The highest BCUT2D eigenvalue weighted by Gasteiger charge is 2.08. The summed E-state index contributed by atoms with van der Waals surface area (Å²) in [6.45, 7) is 0.407. The Labute approximate surface area is 118 Å². The zero-order chi connectivity index (χ0) is 13.4. The first kappa shape index (κ1) is 12.4. The average Bonchev–Trinajstić information content (AvgIpc) is 2.96. The minimum Gasteiger partial charge on any atom is -0.375 e.